The lowest BCUT2D eigenvalue weighted by Gasteiger charge is -2.34. The monoisotopic (exact) mass is 550 g/mol. The molecule has 2 aromatic carbocycles. The van der Waals surface area contributed by atoms with Crippen molar-refractivity contribution in [2.75, 3.05) is 25.5 Å². The van der Waals surface area contributed by atoms with E-state index < -0.39 is 0 Å². The molecule has 3 rings (SSSR count). The van der Waals surface area contributed by atoms with Gasteiger partial charge in [-0.1, -0.05) is 44.2 Å². The Morgan fingerprint density at radius 3 is 2.50 bits per heavy atom. The average molecular weight is 550 g/mol. The number of amides is 1. The summed E-state index contributed by atoms with van der Waals surface area (Å²) in [7, 11) is 1.82. The van der Waals surface area contributed by atoms with Crippen molar-refractivity contribution in [3.05, 3.63) is 60.2 Å². The molecule has 6 nitrogen and oxygen atoms in total. The lowest BCUT2D eigenvalue weighted by atomic mass is 10.1. The molecule has 174 valence electrons. The molecule has 2 aromatic rings. The highest BCUT2D eigenvalue weighted by molar-refractivity contribution is 14.0. The van der Waals surface area contributed by atoms with Crippen LogP contribution in [0.25, 0.3) is 0 Å². The van der Waals surface area contributed by atoms with Gasteiger partial charge in [0.25, 0.3) is 0 Å². The third-order valence-corrected chi connectivity index (χ3v) is 5.25. The van der Waals surface area contributed by atoms with Gasteiger partial charge in [0.05, 0.1) is 0 Å². The normalized spacial score (nSPS) is 14.6. The molecule has 0 radical (unpaired) electrons. The predicted molar refractivity (Wildman–Crippen MR) is 142 cm³/mol. The number of carbonyl (C=O) groups is 1. The standard InChI is InChI=1S/C25H34N4O2.HI/c1-19(2)16-24(30)28-21-9-7-8-20(17-21)18-27-25(26-3)29-14-12-23(13-15-29)31-22-10-5-4-6-11-22;/h4-11,17,19,23H,12-16,18H2,1-3H3,(H,26,27)(H,28,30);1H. The first-order chi connectivity index (χ1) is 15.0. The van der Waals surface area contributed by atoms with Crippen LogP contribution < -0.4 is 15.4 Å². The number of rotatable bonds is 7. The highest BCUT2D eigenvalue weighted by Gasteiger charge is 2.22. The van der Waals surface area contributed by atoms with Gasteiger partial charge < -0.3 is 20.3 Å². The highest BCUT2D eigenvalue weighted by atomic mass is 127. The number of benzene rings is 2. The fourth-order valence-corrected chi connectivity index (χ4v) is 3.73. The lowest BCUT2D eigenvalue weighted by molar-refractivity contribution is -0.116. The van der Waals surface area contributed by atoms with E-state index in [1.54, 1.807) is 0 Å². The number of nitrogens with zero attached hydrogens (tertiary/aromatic N) is 2. The summed E-state index contributed by atoms with van der Waals surface area (Å²) in [6.45, 7) is 6.55. The van der Waals surface area contributed by atoms with Crippen molar-refractivity contribution in [2.24, 2.45) is 10.9 Å². The Morgan fingerprint density at radius 1 is 1.12 bits per heavy atom. The van der Waals surface area contributed by atoms with Gasteiger partial charge in [-0.2, -0.15) is 0 Å². The van der Waals surface area contributed by atoms with Gasteiger partial charge in [-0.05, 0) is 35.7 Å². The molecule has 0 bridgehead atoms. The fraction of sp³-hybridized carbons (Fsp3) is 0.440. The van der Waals surface area contributed by atoms with Gasteiger partial charge in [0.15, 0.2) is 5.96 Å². The first-order valence-corrected chi connectivity index (χ1v) is 11.1. The summed E-state index contributed by atoms with van der Waals surface area (Å²) in [6, 6.07) is 18.0. The molecular weight excluding hydrogens is 515 g/mol. The fourth-order valence-electron chi connectivity index (χ4n) is 3.73. The van der Waals surface area contributed by atoms with E-state index in [9.17, 15) is 4.79 Å². The maximum Gasteiger partial charge on any atom is 0.224 e. The Balaban J connectivity index is 0.00000363. The molecule has 0 spiro atoms. The van der Waals surface area contributed by atoms with Crippen LogP contribution in [0.3, 0.4) is 0 Å². The Labute approximate surface area is 208 Å². The number of aliphatic imine (C=N–C) groups is 1. The van der Waals surface area contributed by atoms with Crippen molar-refractivity contribution >= 4 is 41.5 Å². The van der Waals surface area contributed by atoms with Crippen LogP contribution in [0.2, 0.25) is 0 Å². The first kappa shape index (κ1) is 26.0. The van der Waals surface area contributed by atoms with Gasteiger partial charge in [-0.15, -0.1) is 24.0 Å². The van der Waals surface area contributed by atoms with E-state index in [0.29, 0.717) is 18.9 Å². The molecule has 32 heavy (non-hydrogen) atoms. The summed E-state index contributed by atoms with van der Waals surface area (Å²) in [6.07, 6.45) is 2.70. The van der Waals surface area contributed by atoms with Crippen molar-refractivity contribution in [3.8, 4) is 5.75 Å². The SMILES string of the molecule is CN=C(NCc1cccc(NC(=O)CC(C)C)c1)N1CCC(Oc2ccccc2)CC1.I. The van der Waals surface area contributed by atoms with Gasteiger partial charge >= 0.3 is 0 Å². The molecule has 1 amide bonds. The minimum absolute atomic E-state index is 0. The van der Waals surface area contributed by atoms with Gasteiger partial charge in [0, 0.05) is 51.6 Å². The minimum atomic E-state index is 0. The lowest BCUT2D eigenvalue weighted by Crippen LogP contribution is -2.47. The van der Waals surface area contributed by atoms with E-state index in [4.69, 9.17) is 4.74 Å². The number of para-hydroxylation sites is 1. The summed E-state index contributed by atoms with van der Waals surface area (Å²) in [5.74, 6) is 2.23. The molecular formula is C25H35IN4O2. The molecule has 1 fully saturated rings. The predicted octanol–water partition coefficient (Wildman–Crippen LogP) is 4.91. The molecule has 1 heterocycles. The molecule has 1 aliphatic heterocycles. The first-order valence-electron chi connectivity index (χ1n) is 11.1. The highest BCUT2D eigenvalue weighted by Crippen LogP contribution is 2.19. The Morgan fingerprint density at radius 2 is 1.84 bits per heavy atom. The maximum absolute atomic E-state index is 12.0. The summed E-state index contributed by atoms with van der Waals surface area (Å²) < 4.78 is 6.09. The van der Waals surface area contributed by atoms with Crippen LogP contribution in [-0.2, 0) is 11.3 Å². The molecule has 0 aromatic heterocycles. The number of nitrogens with one attached hydrogen (secondary N) is 2. The topological polar surface area (TPSA) is 66.0 Å². The molecule has 2 N–H and O–H groups in total. The molecule has 1 saturated heterocycles. The number of carbonyl (C=O) groups excluding carboxylic acids is 1. The molecule has 0 unspecified atom stereocenters. The summed E-state index contributed by atoms with van der Waals surface area (Å²) in [5.41, 5.74) is 1.93. The Kier molecular flexibility index (Phi) is 10.8. The third-order valence-electron chi connectivity index (χ3n) is 5.25. The van der Waals surface area contributed by atoms with Crippen LogP contribution in [0.1, 0.15) is 38.7 Å². The van der Waals surface area contributed by atoms with Gasteiger partial charge in [-0.25, -0.2) is 0 Å². The summed E-state index contributed by atoms with van der Waals surface area (Å²) in [5, 5.41) is 6.44. The van der Waals surface area contributed by atoms with E-state index in [1.807, 2.05) is 69.4 Å². The second-order valence-electron chi connectivity index (χ2n) is 8.36. The van der Waals surface area contributed by atoms with E-state index in [2.05, 4.69) is 26.6 Å². The second-order valence-corrected chi connectivity index (χ2v) is 8.36. The van der Waals surface area contributed by atoms with Crippen LogP contribution in [0.5, 0.6) is 5.75 Å². The average Bonchev–Trinajstić information content (AvgIpc) is 2.75. The van der Waals surface area contributed by atoms with E-state index in [1.165, 1.54) is 0 Å². The molecule has 7 heteroatoms. The Bertz CT molecular complexity index is 865. The quantitative estimate of drug-likeness (QED) is 0.292. The number of likely N-dealkylation sites (tertiary alicyclic amines) is 1. The van der Waals surface area contributed by atoms with Gasteiger partial charge in [0.2, 0.25) is 5.91 Å². The number of ether oxygens (including phenoxy) is 1. The van der Waals surface area contributed by atoms with Crippen LogP contribution in [0.15, 0.2) is 59.6 Å². The number of piperidine rings is 1. The van der Waals surface area contributed by atoms with Crippen LogP contribution >= 0.6 is 24.0 Å². The zero-order chi connectivity index (χ0) is 22.1. The van der Waals surface area contributed by atoms with E-state index >= 15 is 0 Å². The van der Waals surface area contributed by atoms with Crippen molar-refractivity contribution in [2.45, 2.75) is 45.8 Å². The zero-order valence-corrected chi connectivity index (χ0v) is 21.5. The van der Waals surface area contributed by atoms with Crippen molar-refractivity contribution < 1.29 is 9.53 Å². The van der Waals surface area contributed by atoms with Crippen LogP contribution in [0, 0.1) is 5.92 Å². The second kappa shape index (κ2) is 13.3. The Hall–Kier alpha value is -2.29. The number of hydrogen-bond donors (Lipinski definition) is 2. The third kappa shape index (κ3) is 8.33. The number of hydrogen-bond acceptors (Lipinski definition) is 3. The van der Waals surface area contributed by atoms with Crippen molar-refractivity contribution in [1.82, 2.24) is 10.2 Å². The smallest absolute Gasteiger partial charge is 0.224 e. The number of halogens is 1. The molecule has 0 aliphatic carbocycles. The number of anilines is 1. The van der Waals surface area contributed by atoms with Crippen LogP contribution in [-0.4, -0.2) is 43.0 Å². The van der Waals surface area contributed by atoms with Crippen molar-refractivity contribution in [3.63, 3.8) is 0 Å². The zero-order valence-electron chi connectivity index (χ0n) is 19.2. The largest absolute Gasteiger partial charge is 0.490 e. The maximum atomic E-state index is 12.0. The number of guanidine groups is 1. The molecule has 0 atom stereocenters. The summed E-state index contributed by atoms with van der Waals surface area (Å²) in [4.78, 5) is 18.8. The van der Waals surface area contributed by atoms with Crippen LogP contribution in [0.4, 0.5) is 5.69 Å². The molecule has 1 aliphatic rings. The minimum Gasteiger partial charge on any atom is -0.490 e. The summed E-state index contributed by atoms with van der Waals surface area (Å²) >= 11 is 0. The van der Waals surface area contributed by atoms with E-state index in [0.717, 1.165) is 48.9 Å². The van der Waals surface area contributed by atoms with Crippen molar-refractivity contribution in [1.29, 1.82) is 0 Å². The van der Waals surface area contributed by atoms with Gasteiger partial charge in [0.1, 0.15) is 11.9 Å². The molecule has 0 saturated carbocycles. The van der Waals surface area contributed by atoms with Gasteiger partial charge in [-0.3, -0.25) is 9.79 Å². The van der Waals surface area contributed by atoms with E-state index in [-0.39, 0.29) is 36.0 Å².